The Morgan fingerprint density at radius 2 is 1.81 bits per heavy atom. The molecule has 1 aromatic rings. The predicted molar refractivity (Wildman–Crippen MR) is 103 cm³/mol. The zero-order chi connectivity index (χ0) is 19.6. The Kier molecular flexibility index (Phi) is 6.27. The molecule has 27 heavy (non-hydrogen) atoms. The molecule has 0 bridgehead atoms. The van der Waals surface area contributed by atoms with Crippen molar-refractivity contribution in [1.82, 2.24) is 4.90 Å². The number of esters is 1. The fraction of sp³-hybridized carbons (Fsp3) is 0.526. The highest BCUT2D eigenvalue weighted by Gasteiger charge is 2.40. The number of anilines is 1. The molecule has 2 fully saturated rings. The molecule has 1 N–H and O–H groups in total. The summed E-state index contributed by atoms with van der Waals surface area (Å²) < 4.78 is 5.29. The maximum atomic E-state index is 12.4. The molecule has 0 radical (unpaired) electrons. The standard InChI is InChI=1S/C19H22Cl2N2O4/c1-11(18(25)22-15-8-13(20)7-14(21)9-15)27-19(26)12-6-17(24)23(10-12)16-4-2-3-5-16/h7-9,11-12,16H,2-6,10H2,1H3,(H,22,25)/t11-,12+/m0/s1. The lowest BCUT2D eigenvalue weighted by Crippen LogP contribution is -2.36. The lowest BCUT2D eigenvalue weighted by Gasteiger charge is -2.24. The van der Waals surface area contributed by atoms with Gasteiger partial charge in [-0.3, -0.25) is 14.4 Å². The summed E-state index contributed by atoms with van der Waals surface area (Å²) in [7, 11) is 0. The Morgan fingerprint density at radius 1 is 1.19 bits per heavy atom. The number of halogens is 2. The first-order valence-corrected chi connectivity index (χ1v) is 9.86. The maximum absolute atomic E-state index is 12.4. The van der Waals surface area contributed by atoms with Crippen molar-refractivity contribution in [2.45, 2.75) is 51.2 Å². The Balaban J connectivity index is 1.54. The minimum atomic E-state index is -0.995. The predicted octanol–water partition coefficient (Wildman–Crippen LogP) is 3.65. The maximum Gasteiger partial charge on any atom is 0.312 e. The molecule has 1 saturated carbocycles. The van der Waals surface area contributed by atoms with Crippen LogP contribution in [0.4, 0.5) is 5.69 Å². The second-order valence-corrected chi connectivity index (χ2v) is 7.98. The number of rotatable bonds is 5. The number of likely N-dealkylation sites (tertiary alicyclic amines) is 1. The van der Waals surface area contributed by atoms with Crippen LogP contribution in [0, 0.1) is 5.92 Å². The van der Waals surface area contributed by atoms with Crippen LogP contribution >= 0.6 is 23.2 Å². The van der Waals surface area contributed by atoms with Gasteiger partial charge in [-0.05, 0) is 38.0 Å². The molecule has 1 heterocycles. The van der Waals surface area contributed by atoms with Gasteiger partial charge in [0.15, 0.2) is 6.10 Å². The third-order valence-corrected chi connectivity index (χ3v) is 5.49. The van der Waals surface area contributed by atoms with Crippen LogP contribution in [-0.4, -0.2) is 41.4 Å². The van der Waals surface area contributed by atoms with E-state index in [0.717, 1.165) is 25.7 Å². The van der Waals surface area contributed by atoms with Gasteiger partial charge in [-0.2, -0.15) is 0 Å². The van der Waals surface area contributed by atoms with Crippen LogP contribution in [0.15, 0.2) is 18.2 Å². The molecule has 0 aromatic heterocycles. The second kappa shape index (κ2) is 8.48. The molecule has 1 aliphatic heterocycles. The summed E-state index contributed by atoms with van der Waals surface area (Å²) in [5.41, 5.74) is 0.420. The highest BCUT2D eigenvalue weighted by Crippen LogP contribution is 2.30. The number of nitrogens with zero attached hydrogens (tertiary/aromatic N) is 1. The third kappa shape index (κ3) is 4.93. The fourth-order valence-electron chi connectivity index (χ4n) is 3.65. The minimum absolute atomic E-state index is 0.00507. The van der Waals surface area contributed by atoms with Gasteiger partial charge in [0.1, 0.15) is 0 Å². The summed E-state index contributed by atoms with van der Waals surface area (Å²) >= 11 is 11.8. The average Bonchev–Trinajstić information content (AvgIpc) is 3.22. The third-order valence-electron chi connectivity index (χ3n) is 5.05. The monoisotopic (exact) mass is 412 g/mol. The van der Waals surface area contributed by atoms with E-state index in [-0.39, 0.29) is 18.4 Å². The summed E-state index contributed by atoms with van der Waals surface area (Å²) in [4.78, 5) is 38.7. The smallest absolute Gasteiger partial charge is 0.312 e. The molecular weight excluding hydrogens is 391 g/mol. The van der Waals surface area contributed by atoms with Gasteiger partial charge in [0.25, 0.3) is 5.91 Å². The zero-order valence-corrected chi connectivity index (χ0v) is 16.6. The van der Waals surface area contributed by atoms with Crippen LogP contribution in [0.1, 0.15) is 39.0 Å². The van der Waals surface area contributed by atoms with Gasteiger partial charge in [-0.15, -0.1) is 0 Å². The van der Waals surface area contributed by atoms with Crippen molar-refractivity contribution in [1.29, 1.82) is 0 Å². The number of hydrogen-bond donors (Lipinski definition) is 1. The molecule has 2 amide bonds. The van der Waals surface area contributed by atoms with Gasteiger partial charge in [0.2, 0.25) is 5.91 Å². The summed E-state index contributed by atoms with van der Waals surface area (Å²) in [5.74, 6) is -1.53. The minimum Gasteiger partial charge on any atom is -0.452 e. The van der Waals surface area contributed by atoms with Crippen molar-refractivity contribution in [3.8, 4) is 0 Å². The number of ether oxygens (including phenoxy) is 1. The molecule has 1 aliphatic carbocycles. The van der Waals surface area contributed by atoms with E-state index in [2.05, 4.69) is 5.32 Å². The van der Waals surface area contributed by atoms with E-state index in [0.29, 0.717) is 22.3 Å². The van der Waals surface area contributed by atoms with E-state index in [1.807, 2.05) is 0 Å². The molecule has 1 saturated heterocycles. The summed E-state index contributed by atoms with van der Waals surface area (Å²) in [6.45, 7) is 1.87. The van der Waals surface area contributed by atoms with Gasteiger partial charge in [0.05, 0.1) is 5.92 Å². The fourth-order valence-corrected chi connectivity index (χ4v) is 4.18. The van der Waals surface area contributed by atoms with E-state index in [1.165, 1.54) is 6.92 Å². The molecule has 2 atom stereocenters. The number of benzene rings is 1. The van der Waals surface area contributed by atoms with E-state index in [9.17, 15) is 14.4 Å². The van der Waals surface area contributed by atoms with Crippen molar-refractivity contribution in [3.63, 3.8) is 0 Å². The Hall–Kier alpha value is -1.79. The molecule has 2 aliphatic rings. The second-order valence-electron chi connectivity index (χ2n) is 7.11. The van der Waals surface area contributed by atoms with Gasteiger partial charge in [-0.1, -0.05) is 36.0 Å². The Bertz CT molecular complexity index is 729. The number of nitrogens with one attached hydrogen (secondary N) is 1. The van der Waals surface area contributed by atoms with Crippen LogP contribution in [0.3, 0.4) is 0 Å². The number of carbonyl (C=O) groups is 3. The van der Waals surface area contributed by atoms with Crippen LogP contribution in [0.5, 0.6) is 0 Å². The first-order chi connectivity index (χ1) is 12.8. The highest BCUT2D eigenvalue weighted by molar-refractivity contribution is 6.35. The SMILES string of the molecule is C[C@H](OC(=O)[C@@H]1CC(=O)N(C2CCCC2)C1)C(=O)Nc1cc(Cl)cc(Cl)c1. The summed E-state index contributed by atoms with van der Waals surface area (Å²) in [6.07, 6.45) is 3.38. The van der Waals surface area contributed by atoms with Crippen LogP contribution in [0.25, 0.3) is 0 Å². The molecule has 1 aromatic carbocycles. The van der Waals surface area contributed by atoms with Gasteiger partial charge in [-0.25, -0.2) is 0 Å². The first kappa shape index (κ1) is 20.0. The molecular formula is C19H22Cl2N2O4. The quantitative estimate of drug-likeness (QED) is 0.748. The first-order valence-electron chi connectivity index (χ1n) is 9.10. The van der Waals surface area contributed by atoms with E-state index < -0.39 is 23.9 Å². The number of amides is 2. The largest absolute Gasteiger partial charge is 0.452 e. The number of carbonyl (C=O) groups excluding carboxylic acids is 3. The van der Waals surface area contributed by atoms with Crippen LogP contribution < -0.4 is 5.32 Å². The van der Waals surface area contributed by atoms with Crippen molar-refractivity contribution in [2.24, 2.45) is 5.92 Å². The van der Waals surface area contributed by atoms with Gasteiger partial charge in [0, 0.05) is 34.7 Å². The lowest BCUT2D eigenvalue weighted by atomic mass is 10.1. The summed E-state index contributed by atoms with van der Waals surface area (Å²) in [6, 6.07) is 4.89. The molecule has 8 heteroatoms. The van der Waals surface area contributed by atoms with Crippen molar-refractivity contribution in [2.75, 3.05) is 11.9 Å². The molecule has 0 spiro atoms. The zero-order valence-electron chi connectivity index (χ0n) is 15.0. The lowest BCUT2D eigenvalue weighted by molar-refractivity contribution is -0.157. The number of hydrogen-bond acceptors (Lipinski definition) is 4. The topological polar surface area (TPSA) is 75.7 Å². The van der Waals surface area contributed by atoms with Crippen molar-refractivity contribution in [3.05, 3.63) is 28.2 Å². The van der Waals surface area contributed by atoms with Gasteiger partial charge < -0.3 is 15.0 Å². The molecule has 146 valence electrons. The molecule has 0 unspecified atom stereocenters. The van der Waals surface area contributed by atoms with E-state index in [1.54, 1.807) is 23.1 Å². The van der Waals surface area contributed by atoms with Gasteiger partial charge >= 0.3 is 5.97 Å². The van der Waals surface area contributed by atoms with Crippen molar-refractivity contribution >= 4 is 46.7 Å². The van der Waals surface area contributed by atoms with E-state index >= 15 is 0 Å². The van der Waals surface area contributed by atoms with Crippen LogP contribution in [0.2, 0.25) is 10.0 Å². The van der Waals surface area contributed by atoms with Crippen LogP contribution in [-0.2, 0) is 19.1 Å². The normalized spacial score (nSPS) is 21.4. The molecule has 6 nitrogen and oxygen atoms in total. The summed E-state index contributed by atoms with van der Waals surface area (Å²) in [5, 5.41) is 3.39. The van der Waals surface area contributed by atoms with Crippen molar-refractivity contribution < 1.29 is 19.1 Å². The Morgan fingerprint density at radius 3 is 2.44 bits per heavy atom. The highest BCUT2D eigenvalue weighted by atomic mass is 35.5. The molecule has 3 rings (SSSR count). The van der Waals surface area contributed by atoms with E-state index in [4.69, 9.17) is 27.9 Å². The average molecular weight is 413 g/mol. The Labute approximate surface area is 168 Å².